The van der Waals surface area contributed by atoms with Gasteiger partial charge in [0.1, 0.15) is 0 Å². The molecule has 19 heavy (non-hydrogen) atoms. The molecule has 0 aliphatic heterocycles. The van der Waals surface area contributed by atoms with Crippen molar-refractivity contribution in [2.75, 3.05) is 6.54 Å². The van der Waals surface area contributed by atoms with E-state index in [2.05, 4.69) is 5.10 Å². The quantitative estimate of drug-likeness (QED) is 0.866. The number of hydrogen-bond acceptors (Lipinski definition) is 3. The Labute approximate surface area is 113 Å². The number of nitrogens with two attached hydrogens (primary N) is 1. The van der Waals surface area contributed by atoms with Gasteiger partial charge >= 0.3 is 0 Å². The first-order valence-electron chi connectivity index (χ1n) is 6.59. The fourth-order valence-electron chi connectivity index (χ4n) is 2.05. The van der Waals surface area contributed by atoms with Crippen molar-refractivity contribution in [3.8, 4) is 5.69 Å². The smallest absolute Gasteiger partial charge is 0.0886 e. The average Bonchev–Trinajstić information content (AvgIpc) is 2.96. The zero-order valence-electron chi connectivity index (χ0n) is 11.5. The van der Waals surface area contributed by atoms with Gasteiger partial charge in [-0.15, -0.1) is 0 Å². The Bertz CT molecular complexity index is 517. The number of aromatic nitrogens is 2. The van der Waals surface area contributed by atoms with Crippen molar-refractivity contribution in [3.63, 3.8) is 0 Å². The number of hydrogen-bond donors (Lipinski definition) is 2. The average molecular weight is 259 g/mol. The van der Waals surface area contributed by atoms with E-state index in [1.807, 2.05) is 50.4 Å². The Balaban J connectivity index is 2.27. The minimum absolute atomic E-state index is 0.315. The third-order valence-corrected chi connectivity index (χ3v) is 3.87. The van der Waals surface area contributed by atoms with Crippen molar-refractivity contribution in [2.24, 2.45) is 11.1 Å². The van der Waals surface area contributed by atoms with E-state index in [0.717, 1.165) is 17.7 Å². The normalized spacial score (nSPS) is 16.0. The van der Waals surface area contributed by atoms with Crippen LogP contribution in [0.1, 0.15) is 31.9 Å². The molecule has 0 radical (unpaired) electrons. The highest BCUT2D eigenvalue weighted by Crippen LogP contribution is 2.35. The molecule has 2 aromatic rings. The van der Waals surface area contributed by atoms with Crippen molar-refractivity contribution in [1.82, 2.24) is 9.78 Å². The molecule has 2 unspecified atom stereocenters. The molecule has 0 aliphatic carbocycles. The zero-order chi connectivity index (χ0) is 13.9. The number of para-hydroxylation sites is 1. The fraction of sp³-hybridized carbons (Fsp3) is 0.400. The maximum Gasteiger partial charge on any atom is 0.0886 e. The second-order valence-electron chi connectivity index (χ2n) is 5.17. The Morgan fingerprint density at radius 1 is 1.37 bits per heavy atom. The summed E-state index contributed by atoms with van der Waals surface area (Å²) in [5, 5.41) is 14.8. The fourth-order valence-corrected chi connectivity index (χ4v) is 2.05. The Morgan fingerprint density at radius 2 is 2.05 bits per heavy atom. The number of nitrogens with zero attached hydrogens (tertiary/aromatic N) is 2. The molecule has 3 N–H and O–H groups in total. The lowest BCUT2D eigenvalue weighted by atomic mass is 9.79. The van der Waals surface area contributed by atoms with Gasteiger partial charge in [-0.1, -0.05) is 32.0 Å². The Hall–Kier alpha value is -1.65. The Kier molecular flexibility index (Phi) is 4.02. The number of benzene rings is 1. The highest BCUT2D eigenvalue weighted by atomic mass is 16.3. The molecule has 0 saturated heterocycles. The lowest BCUT2D eigenvalue weighted by Crippen LogP contribution is -2.33. The van der Waals surface area contributed by atoms with Gasteiger partial charge in [0.05, 0.1) is 18.0 Å². The summed E-state index contributed by atoms with van der Waals surface area (Å²) in [6, 6.07) is 9.84. The van der Waals surface area contributed by atoms with E-state index in [9.17, 15) is 5.11 Å². The first kappa shape index (κ1) is 13.8. The molecular formula is C15H21N3O. The lowest BCUT2D eigenvalue weighted by molar-refractivity contribution is 0.0391. The van der Waals surface area contributed by atoms with Crippen LogP contribution in [-0.2, 0) is 0 Å². The second-order valence-corrected chi connectivity index (χ2v) is 5.17. The van der Waals surface area contributed by atoms with E-state index in [1.165, 1.54) is 0 Å². The molecule has 2 rings (SSSR count). The highest BCUT2D eigenvalue weighted by Gasteiger charge is 2.31. The third-order valence-electron chi connectivity index (χ3n) is 3.87. The second kappa shape index (κ2) is 5.55. The summed E-state index contributed by atoms with van der Waals surface area (Å²) in [4.78, 5) is 0. The van der Waals surface area contributed by atoms with E-state index in [4.69, 9.17) is 5.73 Å². The monoisotopic (exact) mass is 259 g/mol. The topological polar surface area (TPSA) is 64.1 Å². The van der Waals surface area contributed by atoms with Crippen molar-refractivity contribution < 1.29 is 5.11 Å². The van der Waals surface area contributed by atoms with Crippen molar-refractivity contribution in [1.29, 1.82) is 0 Å². The molecule has 0 saturated carbocycles. The molecule has 102 valence electrons. The summed E-state index contributed by atoms with van der Waals surface area (Å²) in [7, 11) is 0. The minimum Gasteiger partial charge on any atom is -0.388 e. The predicted octanol–water partition coefficient (Wildman–Crippen LogP) is 2.28. The van der Waals surface area contributed by atoms with Crippen molar-refractivity contribution in [3.05, 3.63) is 48.3 Å². The molecule has 1 heterocycles. The van der Waals surface area contributed by atoms with E-state index in [0.29, 0.717) is 6.54 Å². The van der Waals surface area contributed by atoms with Crippen LogP contribution in [0.4, 0.5) is 0 Å². The minimum atomic E-state index is -0.597. The number of rotatable bonds is 5. The zero-order valence-corrected chi connectivity index (χ0v) is 11.5. The van der Waals surface area contributed by atoms with Crippen LogP contribution in [0.2, 0.25) is 0 Å². The molecule has 4 nitrogen and oxygen atoms in total. The molecular weight excluding hydrogens is 238 g/mol. The largest absolute Gasteiger partial charge is 0.388 e. The van der Waals surface area contributed by atoms with Gasteiger partial charge in [-0.05, 0) is 18.6 Å². The summed E-state index contributed by atoms with van der Waals surface area (Å²) in [6.45, 7) is 4.48. The maximum absolute atomic E-state index is 10.5. The first-order valence-corrected chi connectivity index (χ1v) is 6.59. The standard InChI is InChI=1S/C15H21N3O/c1-3-15(2,11-16)14(19)12-9-17-18(10-12)13-7-5-4-6-8-13/h4-10,14,19H,3,11,16H2,1-2H3. The van der Waals surface area contributed by atoms with Gasteiger partial charge in [0.15, 0.2) is 0 Å². The van der Waals surface area contributed by atoms with Crippen LogP contribution in [0.5, 0.6) is 0 Å². The molecule has 0 amide bonds. The van der Waals surface area contributed by atoms with Gasteiger partial charge in [-0.25, -0.2) is 4.68 Å². The molecule has 2 atom stereocenters. The molecule has 0 bridgehead atoms. The lowest BCUT2D eigenvalue weighted by Gasteiger charge is -2.31. The molecule has 1 aromatic carbocycles. The first-order chi connectivity index (χ1) is 9.10. The van der Waals surface area contributed by atoms with Crippen LogP contribution in [0.15, 0.2) is 42.7 Å². The van der Waals surface area contributed by atoms with Gasteiger partial charge in [0.25, 0.3) is 0 Å². The summed E-state index contributed by atoms with van der Waals surface area (Å²) in [6.07, 6.45) is 3.80. The van der Waals surface area contributed by atoms with Gasteiger partial charge in [0.2, 0.25) is 0 Å². The molecule has 0 spiro atoms. The maximum atomic E-state index is 10.5. The van der Waals surface area contributed by atoms with Gasteiger partial charge in [-0.2, -0.15) is 5.10 Å². The Morgan fingerprint density at radius 3 is 2.63 bits per heavy atom. The van der Waals surface area contributed by atoms with Gasteiger partial charge < -0.3 is 10.8 Å². The predicted molar refractivity (Wildman–Crippen MR) is 76.0 cm³/mol. The van der Waals surface area contributed by atoms with Crippen molar-refractivity contribution >= 4 is 0 Å². The van der Waals surface area contributed by atoms with Crippen LogP contribution in [-0.4, -0.2) is 21.4 Å². The third kappa shape index (κ3) is 2.69. The van der Waals surface area contributed by atoms with E-state index in [1.54, 1.807) is 10.9 Å². The molecule has 0 fully saturated rings. The summed E-state index contributed by atoms with van der Waals surface area (Å²) in [5.74, 6) is 0. The van der Waals surface area contributed by atoms with Crippen LogP contribution in [0.3, 0.4) is 0 Å². The summed E-state index contributed by atoms with van der Waals surface area (Å²) >= 11 is 0. The number of aliphatic hydroxyl groups excluding tert-OH is 1. The van der Waals surface area contributed by atoms with E-state index < -0.39 is 6.10 Å². The van der Waals surface area contributed by atoms with Crippen LogP contribution in [0.25, 0.3) is 5.69 Å². The van der Waals surface area contributed by atoms with Crippen LogP contribution >= 0.6 is 0 Å². The summed E-state index contributed by atoms with van der Waals surface area (Å²) in [5.41, 5.74) is 7.25. The van der Waals surface area contributed by atoms with Gasteiger partial charge in [-0.3, -0.25) is 0 Å². The molecule has 0 aliphatic rings. The highest BCUT2D eigenvalue weighted by molar-refractivity contribution is 5.31. The van der Waals surface area contributed by atoms with Crippen LogP contribution < -0.4 is 5.73 Å². The molecule has 4 heteroatoms. The number of aliphatic hydroxyl groups is 1. The van der Waals surface area contributed by atoms with Crippen molar-refractivity contribution in [2.45, 2.75) is 26.4 Å². The van der Waals surface area contributed by atoms with E-state index in [-0.39, 0.29) is 5.41 Å². The SMILES string of the molecule is CCC(C)(CN)C(O)c1cnn(-c2ccccc2)c1. The van der Waals surface area contributed by atoms with Crippen LogP contribution in [0, 0.1) is 5.41 Å². The molecule has 1 aromatic heterocycles. The van der Waals surface area contributed by atoms with E-state index >= 15 is 0 Å². The van der Waals surface area contributed by atoms with Gasteiger partial charge in [0, 0.05) is 23.7 Å². The summed E-state index contributed by atoms with van der Waals surface area (Å²) < 4.78 is 1.77.